The monoisotopic (exact) mass is 326 g/mol. The Morgan fingerprint density at radius 1 is 1.29 bits per heavy atom. The maximum atomic E-state index is 12.8. The fraction of sp³-hybridized carbons (Fsp3) is 0.550. The van der Waals surface area contributed by atoms with E-state index in [0.29, 0.717) is 12.0 Å². The molecule has 0 saturated carbocycles. The van der Waals surface area contributed by atoms with Crippen LogP contribution < -0.4 is 10.1 Å². The number of nitrogens with one attached hydrogen (secondary N) is 1. The summed E-state index contributed by atoms with van der Waals surface area (Å²) in [6, 6.07) is 6.60. The third kappa shape index (κ3) is 3.20. The first-order valence-corrected chi connectivity index (χ1v) is 9.26. The molecule has 1 aromatic rings. The van der Waals surface area contributed by atoms with Gasteiger partial charge in [-0.3, -0.25) is 4.79 Å². The summed E-state index contributed by atoms with van der Waals surface area (Å²) < 4.78 is 5.54. The zero-order valence-corrected chi connectivity index (χ0v) is 14.2. The molecular formula is C20H26N2O2. The molecule has 4 nitrogen and oxygen atoms in total. The molecule has 3 aliphatic heterocycles. The van der Waals surface area contributed by atoms with E-state index in [1.807, 2.05) is 18.2 Å². The van der Waals surface area contributed by atoms with E-state index in [9.17, 15) is 4.79 Å². The van der Waals surface area contributed by atoms with Crippen LogP contribution >= 0.6 is 0 Å². The predicted molar refractivity (Wildman–Crippen MR) is 95.0 cm³/mol. The maximum Gasteiger partial charge on any atom is 0.246 e. The van der Waals surface area contributed by atoms with Crippen molar-refractivity contribution in [3.8, 4) is 5.75 Å². The van der Waals surface area contributed by atoms with Crippen LogP contribution in [0.1, 0.15) is 36.8 Å². The van der Waals surface area contributed by atoms with Crippen LogP contribution in [-0.4, -0.2) is 43.1 Å². The van der Waals surface area contributed by atoms with Gasteiger partial charge in [-0.05, 0) is 74.0 Å². The summed E-state index contributed by atoms with van der Waals surface area (Å²) in [5, 5.41) is 3.52. The smallest absolute Gasteiger partial charge is 0.246 e. The molecule has 1 N–H and O–H groups in total. The Bertz CT molecular complexity index is 641. The van der Waals surface area contributed by atoms with E-state index in [4.69, 9.17) is 4.74 Å². The Hall–Kier alpha value is -1.81. The molecule has 3 aliphatic rings. The molecule has 1 amide bonds. The first kappa shape index (κ1) is 15.7. The lowest BCUT2D eigenvalue weighted by molar-refractivity contribution is -0.131. The van der Waals surface area contributed by atoms with Crippen LogP contribution in [0.15, 0.2) is 24.3 Å². The number of hydrogen-bond donors (Lipinski definition) is 1. The number of amides is 1. The van der Waals surface area contributed by atoms with Gasteiger partial charge >= 0.3 is 0 Å². The average Bonchev–Trinajstić information content (AvgIpc) is 2.94. The minimum absolute atomic E-state index is 0.170. The maximum absolute atomic E-state index is 12.8. The van der Waals surface area contributed by atoms with E-state index < -0.39 is 0 Å². The van der Waals surface area contributed by atoms with Crippen molar-refractivity contribution in [1.82, 2.24) is 10.2 Å². The predicted octanol–water partition coefficient (Wildman–Crippen LogP) is 2.63. The Labute approximate surface area is 143 Å². The lowest BCUT2D eigenvalue weighted by atomic mass is 9.87. The quantitative estimate of drug-likeness (QED) is 0.850. The van der Waals surface area contributed by atoms with Crippen molar-refractivity contribution in [3.63, 3.8) is 0 Å². The minimum atomic E-state index is 0.170. The molecule has 128 valence electrons. The van der Waals surface area contributed by atoms with E-state index in [-0.39, 0.29) is 5.91 Å². The average molecular weight is 326 g/mol. The van der Waals surface area contributed by atoms with Crippen LogP contribution in [0.4, 0.5) is 0 Å². The highest BCUT2D eigenvalue weighted by atomic mass is 16.5. The Balaban J connectivity index is 1.46. The number of carbonyl (C=O) groups excluding carboxylic acids is 1. The fourth-order valence-corrected chi connectivity index (χ4v) is 4.34. The zero-order chi connectivity index (χ0) is 16.4. The molecular weight excluding hydrogens is 300 g/mol. The molecule has 0 spiro atoms. The third-order valence-electron chi connectivity index (χ3n) is 5.59. The van der Waals surface area contributed by atoms with Crippen molar-refractivity contribution in [2.75, 3.05) is 26.2 Å². The number of benzene rings is 1. The first-order valence-electron chi connectivity index (χ1n) is 9.26. The van der Waals surface area contributed by atoms with Crippen molar-refractivity contribution in [1.29, 1.82) is 0 Å². The largest absolute Gasteiger partial charge is 0.493 e. The van der Waals surface area contributed by atoms with Gasteiger partial charge in [0.1, 0.15) is 5.75 Å². The fourth-order valence-electron chi connectivity index (χ4n) is 4.34. The van der Waals surface area contributed by atoms with E-state index in [0.717, 1.165) is 56.8 Å². The van der Waals surface area contributed by atoms with Crippen molar-refractivity contribution in [3.05, 3.63) is 35.4 Å². The highest BCUT2D eigenvalue weighted by Gasteiger charge is 2.33. The van der Waals surface area contributed by atoms with Gasteiger partial charge in [0, 0.05) is 25.1 Å². The van der Waals surface area contributed by atoms with Gasteiger partial charge in [-0.1, -0.05) is 6.07 Å². The lowest BCUT2D eigenvalue weighted by Crippen LogP contribution is -2.49. The molecule has 0 bridgehead atoms. The molecule has 3 heterocycles. The van der Waals surface area contributed by atoms with Crippen molar-refractivity contribution < 1.29 is 9.53 Å². The number of likely N-dealkylation sites (tertiary alicyclic amines) is 1. The number of piperidine rings is 1. The van der Waals surface area contributed by atoms with E-state index in [1.54, 1.807) is 6.08 Å². The first-order chi connectivity index (χ1) is 11.8. The summed E-state index contributed by atoms with van der Waals surface area (Å²) in [6.07, 6.45) is 9.35. The normalized spacial score (nSPS) is 26.6. The van der Waals surface area contributed by atoms with E-state index in [2.05, 4.69) is 16.3 Å². The van der Waals surface area contributed by atoms with Gasteiger partial charge in [0.2, 0.25) is 5.91 Å². The van der Waals surface area contributed by atoms with E-state index in [1.165, 1.54) is 18.4 Å². The number of nitrogens with zero attached hydrogens (tertiary/aromatic N) is 1. The molecule has 0 aliphatic carbocycles. The SMILES string of the molecule is O=C(/C=C/c1ccc2c(c1)CCO2)N1CCCC2CNCCCC21. The van der Waals surface area contributed by atoms with Gasteiger partial charge in [-0.15, -0.1) is 0 Å². The molecule has 2 saturated heterocycles. The van der Waals surface area contributed by atoms with Gasteiger partial charge in [-0.2, -0.15) is 0 Å². The minimum Gasteiger partial charge on any atom is -0.493 e. The second kappa shape index (κ2) is 6.98. The van der Waals surface area contributed by atoms with Crippen molar-refractivity contribution in [2.24, 2.45) is 5.92 Å². The van der Waals surface area contributed by atoms with Gasteiger partial charge in [-0.25, -0.2) is 0 Å². The summed E-state index contributed by atoms with van der Waals surface area (Å²) >= 11 is 0. The van der Waals surface area contributed by atoms with Crippen LogP contribution in [0.3, 0.4) is 0 Å². The second-order valence-corrected chi connectivity index (χ2v) is 7.15. The zero-order valence-electron chi connectivity index (χ0n) is 14.2. The topological polar surface area (TPSA) is 41.6 Å². The highest BCUT2D eigenvalue weighted by Crippen LogP contribution is 2.29. The summed E-state index contributed by atoms with van der Waals surface area (Å²) in [5.41, 5.74) is 2.33. The second-order valence-electron chi connectivity index (χ2n) is 7.15. The molecule has 0 radical (unpaired) electrons. The lowest BCUT2D eigenvalue weighted by Gasteiger charge is -2.40. The molecule has 1 aromatic carbocycles. The third-order valence-corrected chi connectivity index (χ3v) is 5.59. The summed E-state index contributed by atoms with van der Waals surface area (Å²) in [5.74, 6) is 1.78. The van der Waals surface area contributed by atoms with Gasteiger partial charge in [0.05, 0.1) is 6.61 Å². The van der Waals surface area contributed by atoms with Crippen molar-refractivity contribution >= 4 is 12.0 Å². The summed E-state index contributed by atoms with van der Waals surface area (Å²) in [4.78, 5) is 14.9. The summed E-state index contributed by atoms with van der Waals surface area (Å²) in [6.45, 7) is 3.82. The standard InChI is InChI=1S/C20H26N2O2/c23-20(8-6-15-5-7-19-16(13-15)9-12-24-19)22-11-2-3-17-14-21-10-1-4-18(17)22/h5-8,13,17-18,21H,1-4,9-12,14H2/b8-6+. The molecule has 2 fully saturated rings. The van der Waals surface area contributed by atoms with Crippen LogP contribution in [0.5, 0.6) is 5.75 Å². The number of rotatable bonds is 2. The Morgan fingerprint density at radius 2 is 2.25 bits per heavy atom. The molecule has 4 heteroatoms. The van der Waals surface area contributed by atoms with E-state index >= 15 is 0 Å². The number of carbonyl (C=O) groups is 1. The number of fused-ring (bicyclic) bond motifs is 2. The molecule has 0 aromatic heterocycles. The van der Waals surface area contributed by atoms with Crippen molar-refractivity contribution in [2.45, 2.75) is 38.1 Å². The molecule has 2 atom stereocenters. The summed E-state index contributed by atoms with van der Waals surface area (Å²) in [7, 11) is 0. The number of hydrogen-bond acceptors (Lipinski definition) is 3. The van der Waals surface area contributed by atoms with Crippen LogP contribution in [0, 0.1) is 5.92 Å². The Kier molecular flexibility index (Phi) is 4.56. The van der Waals surface area contributed by atoms with Gasteiger partial charge in [0.15, 0.2) is 0 Å². The highest BCUT2D eigenvalue weighted by molar-refractivity contribution is 5.92. The molecule has 2 unspecified atom stereocenters. The van der Waals surface area contributed by atoms with Gasteiger partial charge < -0.3 is 15.0 Å². The molecule has 4 rings (SSSR count). The van der Waals surface area contributed by atoms with Crippen LogP contribution in [0.2, 0.25) is 0 Å². The van der Waals surface area contributed by atoms with Crippen LogP contribution in [-0.2, 0) is 11.2 Å². The molecule has 24 heavy (non-hydrogen) atoms. The number of ether oxygens (including phenoxy) is 1. The van der Waals surface area contributed by atoms with Gasteiger partial charge in [0.25, 0.3) is 0 Å². The Morgan fingerprint density at radius 3 is 3.21 bits per heavy atom. The van der Waals surface area contributed by atoms with Crippen LogP contribution in [0.25, 0.3) is 6.08 Å².